The smallest absolute Gasteiger partial charge is 0.244 e. The van der Waals surface area contributed by atoms with Crippen molar-refractivity contribution in [3.63, 3.8) is 0 Å². The molecule has 28 heavy (non-hydrogen) atoms. The zero-order valence-electron chi connectivity index (χ0n) is 15.4. The van der Waals surface area contributed by atoms with Crippen LogP contribution in [0.4, 0.5) is 5.82 Å². The monoisotopic (exact) mass is 413 g/mol. The summed E-state index contributed by atoms with van der Waals surface area (Å²) in [7, 11) is 0. The number of aromatic nitrogens is 3. The Hall–Kier alpha value is -2.51. The van der Waals surface area contributed by atoms with Gasteiger partial charge in [0.25, 0.3) is 0 Å². The van der Waals surface area contributed by atoms with Gasteiger partial charge < -0.3 is 10.2 Å². The number of aryl methyl sites for hydroxylation is 1. The van der Waals surface area contributed by atoms with E-state index < -0.39 is 0 Å². The summed E-state index contributed by atoms with van der Waals surface area (Å²) in [6.07, 6.45) is 9.85. The average Bonchev–Trinajstić information content (AvgIpc) is 3.09. The fraction of sp³-hybridized carbons (Fsp3) is 0.300. The molecular weight excluding hydrogens is 394 g/mol. The van der Waals surface area contributed by atoms with Crippen molar-refractivity contribution in [3.8, 4) is 0 Å². The van der Waals surface area contributed by atoms with Crippen LogP contribution in [-0.4, -0.2) is 40.0 Å². The number of anilines is 1. The number of rotatable bonds is 4. The molecule has 1 fully saturated rings. The average molecular weight is 414 g/mol. The van der Waals surface area contributed by atoms with Gasteiger partial charge in [-0.2, -0.15) is 0 Å². The van der Waals surface area contributed by atoms with Crippen LogP contribution >= 0.6 is 22.9 Å². The molecule has 0 aromatic carbocycles. The van der Waals surface area contributed by atoms with E-state index in [4.69, 9.17) is 11.6 Å². The minimum atomic E-state index is -0.107. The van der Waals surface area contributed by atoms with Crippen molar-refractivity contribution in [1.82, 2.24) is 20.3 Å². The van der Waals surface area contributed by atoms with E-state index in [1.807, 2.05) is 0 Å². The van der Waals surface area contributed by atoms with Crippen molar-refractivity contribution in [1.29, 1.82) is 0 Å². The van der Waals surface area contributed by atoms with Crippen LogP contribution in [0.15, 0.2) is 36.2 Å². The Morgan fingerprint density at radius 1 is 1.36 bits per heavy atom. The highest BCUT2D eigenvalue weighted by atomic mass is 35.5. The van der Waals surface area contributed by atoms with Crippen LogP contribution in [0.25, 0.3) is 16.3 Å². The Kier molecular flexibility index (Phi) is 5.54. The molecule has 144 valence electrons. The Balaban J connectivity index is 1.35. The maximum absolute atomic E-state index is 12.2. The maximum atomic E-state index is 12.2. The molecule has 1 aliphatic heterocycles. The third kappa shape index (κ3) is 4.00. The highest BCUT2D eigenvalue weighted by Gasteiger charge is 2.23. The van der Waals surface area contributed by atoms with E-state index in [1.54, 1.807) is 42.2 Å². The first-order valence-corrected chi connectivity index (χ1v) is 10.4. The van der Waals surface area contributed by atoms with Crippen molar-refractivity contribution in [2.75, 3.05) is 18.0 Å². The number of nitrogens with zero attached hydrogens (tertiary/aromatic N) is 4. The number of amides is 1. The van der Waals surface area contributed by atoms with Gasteiger partial charge in [-0.05, 0) is 48.4 Å². The van der Waals surface area contributed by atoms with Gasteiger partial charge in [0.1, 0.15) is 12.1 Å². The van der Waals surface area contributed by atoms with Crippen molar-refractivity contribution in [2.45, 2.75) is 25.8 Å². The van der Waals surface area contributed by atoms with Gasteiger partial charge in [-0.15, -0.1) is 11.3 Å². The van der Waals surface area contributed by atoms with Gasteiger partial charge in [0.15, 0.2) is 0 Å². The molecule has 0 unspecified atom stereocenters. The summed E-state index contributed by atoms with van der Waals surface area (Å²) in [4.78, 5) is 27.4. The second-order valence-corrected chi connectivity index (χ2v) is 8.08. The van der Waals surface area contributed by atoms with Crippen molar-refractivity contribution < 1.29 is 4.79 Å². The summed E-state index contributed by atoms with van der Waals surface area (Å²) in [5.41, 5.74) is 3.00. The number of pyridine rings is 1. The van der Waals surface area contributed by atoms with Gasteiger partial charge >= 0.3 is 0 Å². The van der Waals surface area contributed by atoms with Crippen LogP contribution in [0.5, 0.6) is 0 Å². The zero-order chi connectivity index (χ0) is 19.5. The van der Waals surface area contributed by atoms with Gasteiger partial charge in [-0.3, -0.25) is 9.78 Å². The second-order valence-electron chi connectivity index (χ2n) is 6.79. The molecule has 3 aromatic heterocycles. The largest absolute Gasteiger partial charge is 0.355 e. The molecule has 4 heterocycles. The predicted molar refractivity (Wildman–Crippen MR) is 114 cm³/mol. The molecule has 6 nitrogen and oxygen atoms in total. The first kappa shape index (κ1) is 18.8. The van der Waals surface area contributed by atoms with E-state index in [0.29, 0.717) is 5.02 Å². The molecule has 4 rings (SSSR count). The standard InChI is InChI=1S/C20H20ClN5OS/c1-13-11-28-19-18(13)23-12-24-20(19)26-8-5-15(6-9-26)25-17(27)3-2-14-4-7-22-10-16(14)21/h2-4,7,10-12,15H,5-6,8-9H2,1H3,(H,25,27)/b3-2+. The summed E-state index contributed by atoms with van der Waals surface area (Å²) in [5, 5.41) is 5.73. The van der Waals surface area contributed by atoms with E-state index in [0.717, 1.165) is 47.5 Å². The molecule has 3 aromatic rings. The Labute approximate surface area is 172 Å². The van der Waals surface area contributed by atoms with E-state index in [-0.39, 0.29) is 11.9 Å². The molecule has 0 saturated carbocycles. The van der Waals surface area contributed by atoms with Crippen molar-refractivity contribution in [3.05, 3.63) is 52.4 Å². The van der Waals surface area contributed by atoms with Gasteiger partial charge in [-0.1, -0.05) is 11.6 Å². The number of carbonyl (C=O) groups excluding carboxylic acids is 1. The summed E-state index contributed by atoms with van der Waals surface area (Å²) >= 11 is 7.75. The normalized spacial score (nSPS) is 15.4. The van der Waals surface area contributed by atoms with Gasteiger partial charge in [0, 0.05) is 37.6 Å². The SMILES string of the molecule is Cc1csc2c(N3CCC(NC(=O)/C=C/c4ccncc4Cl)CC3)ncnc12. The minimum Gasteiger partial charge on any atom is -0.355 e. The quantitative estimate of drug-likeness (QED) is 0.658. The fourth-order valence-corrected chi connectivity index (χ4v) is 4.55. The van der Waals surface area contributed by atoms with Gasteiger partial charge in [0.05, 0.1) is 15.2 Å². The number of piperidine rings is 1. The lowest BCUT2D eigenvalue weighted by Crippen LogP contribution is -2.44. The first-order chi connectivity index (χ1) is 13.6. The summed E-state index contributed by atoms with van der Waals surface area (Å²) in [6.45, 7) is 3.78. The molecule has 0 bridgehead atoms. The number of thiophene rings is 1. The lowest BCUT2D eigenvalue weighted by atomic mass is 10.0. The topological polar surface area (TPSA) is 71.0 Å². The first-order valence-electron chi connectivity index (χ1n) is 9.13. The Bertz CT molecular complexity index is 1030. The summed E-state index contributed by atoms with van der Waals surface area (Å²) < 4.78 is 1.14. The van der Waals surface area contributed by atoms with Crippen LogP contribution in [0.1, 0.15) is 24.0 Å². The molecule has 1 N–H and O–H groups in total. The molecule has 0 spiro atoms. The third-order valence-electron chi connectivity index (χ3n) is 4.87. The van der Waals surface area contributed by atoms with E-state index in [2.05, 4.69) is 37.5 Å². The molecule has 8 heteroatoms. The van der Waals surface area contributed by atoms with Crippen LogP contribution in [0.3, 0.4) is 0 Å². The number of fused-ring (bicyclic) bond motifs is 1. The van der Waals surface area contributed by atoms with Crippen molar-refractivity contribution >= 4 is 51.0 Å². The second kappa shape index (κ2) is 8.24. The lowest BCUT2D eigenvalue weighted by Gasteiger charge is -2.33. The van der Waals surface area contributed by atoms with Gasteiger partial charge in [0.2, 0.25) is 5.91 Å². The number of nitrogens with one attached hydrogen (secondary N) is 1. The third-order valence-corrected chi connectivity index (χ3v) is 6.27. The highest BCUT2D eigenvalue weighted by Crippen LogP contribution is 2.32. The number of hydrogen-bond acceptors (Lipinski definition) is 6. The van der Waals surface area contributed by atoms with Crippen LogP contribution in [0.2, 0.25) is 5.02 Å². The molecule has 0 atom stereocenters. The number of halogens is 1. The van der Waals surface area contributed by atoms with Gasteiger partial charge in [-0.25, -0.2) is 9.97 Å². The number of carbonyl (C=O) groups is 1. The van der Waals surface area contributed by atoms with E-state index in [9.17, 15) is 4.79 Å². The molecule has 1 saturated heterocycles. The Morgan fingerprint density at radius 3 is 2.96 bits per heavy atom. The maximum Gasteiger partial charge on any atom is 0.244 e. The Morgan fingerprint density at radius 2 is 2.18 bits per heavy atom. The molecule has 1 amide bonds. The molecular formula is C20H20ClN5OS. The van der Waals surface area contributed by atoms with Crippen LogP contribution in [-0.2, 0) is 4.79 Å². The van der Waals surface area contributed by atoms with Crippen molar-refractivity contribution in [2.24, 2.45) is 0 Å². The van der Waals surface area contributed by atoms with Crippen LogP contribution in [0, 0.1) is 6.92 Å². The number of hydrogen-bond donors (Lipinski definition) is 1. The molecule has 0 aliphatic carbocycles. The molecule has 0 radical (unpaired) electrons. The van der Waals surface area contributed by atoms with Crippen LogP contribution < -0.4 is 10.2 Å². The summed E-state index contributed by atoms with van der Waals surface area (Å²) in [5.74, 6) is 0.893. The lowest BCUT2D eigenvalue weighted by molar-refractivity contribution is -0.117. The fourth-order valence-electron chi connectivity index (χ4n) is 3.35. The zero-order valence-corrected chi connectivity index (χ0v) is 17.0. The summed E-state index contributed by atoms with van der Waals surface area (Å²) in [6, 6.07) is 1.93. The van der Waals surface area contributed by atoms with E-state index >= 15 is 0 Å². The van der Waals surface area contributed by atoms with E-state index in [1.165, 1.54) is 11.6 Å². The predicted octanol–water partition coefficient (Wildman–Crippen LogP) is 3.85. The minimum absolute atomic E-state index is 0.107. The highest BCUT2D eigenvalue weighted by molar-refractivity contribution is 7.18. The molecule has 1 aliphatic rings.